The van der Waals surface area contributed by atoms with Crippen LogP contribution in [0.2, 0.25) is 0 Å². The van der Waals surface area contributed by atoms with Crippen LogP contribution in [0.5, 0.6) is 11.5 Å². The van der Waals surface area contributed by atoms with E-state index in [0.29, 0.717) is 23.9 Å². The van der Waals surface area contributed by atoms with Crippen LogP contribution in [0.3, 0.4) is 0 Å². The molecule has 0 aliphatic carbocycles. The molecule has 1 amide bonds. The van der Waals surface area contributed by atoms with Crippen molar-refractivity contribution in [2.45, 2.75) is 18.7 Å². The number of thioether (sulfide) groups is 1. The van der Waals surface area contributed by atoms with Crippen molar-refractivity contribution in [2.24, 2.45) is 0 Å². The van der Waals surface area contributed by atoms with Gasteiger partial charge < -0.3 is 14.8 Å². The Balaban J connectivity index is 1.66. The van der Waals surface area contributed by atoms with Crippen molar-refractivity contribution in [1.29, 1.82) is 0 Å². The smallest absolute Gasteiger partial charge is 0.269 e. The van der Waals surface area contributed by atoms with E-state index in [1.165, 1.54) is 23.9 Å². The molecule has 0 aromatic heterocycles. The van der Waals surface area contributed by atoms with Crippen molar-refractivity contribution in [3.8, 4) is 11.5 Å². The molecule has 0 heterocycles. The van der Waals surface area contributed by atoms with Gasteiger partial charge in [0.05, 0.1) is 23.8 Å². The highest BCUT2D eigenvalue weighted by molar-refractivity contribution is 7.99. The minimum absolute atomic E-state index is 0.0622. The van der Waals surface area contributed by atoms with Crippen molar-refractivity contribution in [3.63, 3.8) is 0 Å². The normalized spacial score (nSPS) is 11.5. The zero-order valence-corrected chi connectivity index (χ0v) is 16.0. The Morgan fingerprint density at radius 3 is 2.37 bits per heavy atom. The second kappa shape index (κ2) is 10.4. The van der Waals surface area contributed by atoms with Gasteiger partial charge in [-0.25, -0.2) is 0 Å². The fourth-order valence-corrected chi connectivity index (χ4v) is 3.03. The van der Waals surface area contributed by atoms with Gasteiger partial charge in [0.15, 0.2) is 0 Å². The van der Waals surface area contributed by atoms with Crippen LogP contribution in [0.25, 0.3) is 0 Å². The van der Waals surface area contributed by atoms with Crippen LogP contribution >= 0.6 is 11.8 Å². The van der Waals surface area contributed by atoms with Crippen LogP contribution in [-0.2, 0) is 10.5 Å². The maximum Gasteiger partial charge on any atom is 0.269 e. The van der Waals surface area contributed by atoms with Crippen molar-refractivity contribution in [3.05, 3.63) is 64.2 Å². The number of nitro groups is 1. The third-order valence-corrected chi connectivity index (χ3v) is 4.62. The molecule has 1 atom stereocenters. The van der Waals surface area contributed by atoms with E-state index < -0.39 is 4.92 Å². The molecule has 0 unspecified atom stereocenters. The van der Waals surface area contributed by atoms with Gasteiger partial charge in [-0.05, 0) is 36.8 Å². The lowest BCUT2D eigenvalue weighted by atomic mass is 10.2. The average Bonchev–Trinajstić information content (AvgIpc) is 2.67. The summed E-state index contributed by atoms with van der Waals surface area (Å²) in [5.41, 5.74) is 1.00. The number of benzene rings is 2. The summed E-state index contributed by atoms with van der Waals surface area (Å²) in [6.45, 7) is 2.24. The fraction of sp³-hybridized carbons (Fsp3) is 0.316. The molecule has 2 aromatic carbocycles. The Bertz CT molecular complexity index is 750. The monoisotopic (exact) mass is 390 g/mol. The summed E-state index contributed by atoms with van der Waals surface area (Å²) in [6.07, 6.45) is 0. The van der Waals surface area contributed by atoms with E-state index >= 15 is 0 Å². The number of hydrogen-bond acceptors (Lipinski definition) is 6. The molecule has 0 aliphatic heterocycles. The Hall–Kier alpha value is -2.74. The molecular weight excluding hydrogens is 368 g/mol. The molecule has 7 nitrogen and oxygen atoms in total. The number of methoxy groups -OCH3 is 1. The first-order valence-corrected chi connectivity index (χ1v) is 9.50. The molecule has 2 rings (SSSR count). The maximum atomic E-state index is 12.0. The zero-order valence-electron chi connectivity index (χ0n) is 15.2. The van der Waals surface area contributed by atoms with Gasteiger partial charge in [0.25, 0.3) is 5.69 Å². The molecular formula is C19H22N2O5S. The summed E-state index contributed by atoms with van der Waals surface area (Å²) in [5.74, 6) is 2.32. The van der Waals surface area contributed by atoms with E-state index in [4.69, 9.17) is 9.47 Å². The predicted octanol–water partition coefficient (Wildman–Crippen LogP) is 3.42. The van der Waals surface area contributed by atoms with Crippen molar-refractivity contribution < 1.29 is 19.2 Å². The van der Waals surface area contributed by atoms with Crippen LogP contribution in [0, 0.1) is 10.1 Å². The highest BCUT2D eigenvalue weighted by atomic mass is 32.2. The van der Waals surface area contributed by atoms with Gasteiger partial charge >= 0.3 is 0 Å². The number of amides is 1. The quantitative estimate of drug-likeness (QED) is 0.494. The largest absolute Gasteiger partial charge is 0.497 e. The standard InChI is InChI=1S/C19H22N2O5S/c1-14(11-26-18-9-7-17(25-2)8-10-18)20-19(22)13-27-12-15-3-5-16(6-4-15)21(23)24/h3-10,14H,11-13H2,1-2H3,(H,20,22)/t14-/m1/s1. The third-order valence-electron chi connectivity index (χ3n) is 3.62. The van der Waals surface area contributed by atoms with Gasteiger partial charge in [-0.2, -0.15) is 0 Å². The van der Waals surface area contributed by atoms with Crippen LogP contribution in [0.1, 0.15) is 12.5 Å². The molecule has 0 aliphatic rings. The van der Waals surface area contributed by atoms with Crippen LogP contribution in [0.4, 0.5) is 5.69 Å². The summed E-state index contributed by atoms with van der Waals surface area (Å²) < 4.78 is 10.7. The zero-order chi connectivity index (χ0) is 19.6. The first-order chi connectivity index (χ1) is 13.0. The van der Waals surface area contributed by atoms with E-state index in [1.807, 2.05) is 31.2 Å². The maximum absolute atomic E-state index is 12.0. The number of nitrogens with one attached hydrogen (secondary N) is 1. The Labute approximate surface area is 162 Å². The van der Waals surface area contributed by atoms with Gasteiger partial charge in [0, 0.05) is 17.9 Å². The topological polar surface area (TPSA) is 90.7 Å². The molecule has 2 aromatic rings. The molecule has 8 heteroatoms. The van der Waals surface area contributed by atoms with E-state index in [9.17, 15) is 14.9 Å². The molecule has 0 saturated heterocycles. The third kappa shape index (κ3) is 7.18. The molecule has 0 spiro atoms. The number of nitrogens with zero attached hydrogens (tertiary/aromatic N) is 1. The predicted molar refractivity (Wildman–Crippen MR) is 105 cm³/mol. The van der Waals surface area contributed by atoms with Gasteiger partial charge in [0.1, 0.15) is 18.1 Å². The Morgan fingerprint density at radius 1 is 1.15 bits per heavy atom. The Kier molecular flexibility index (Phi) is 7.94. The molecule has 1 N–H and O–H groups in total. The van der Waals surface area contributed by atoms with E-state index in [0.717, 1.165) is 11.3 Å². The second-order valence-corrected chi connectivity index (χ2v) is 6.86. The summed E-state index contributed by atoms with van der Waals surface area (Å²) in [4.78, 5) is 22.2. The second-order valence-electron chi connectivity index (χ2n) is 5.87. The van der Waals surface area contributed by atoms with E-state index in [2.05, 4.69) is 5.32 Å². The number of hydrogen-bond donors (Lipinski definition) is 1. The van der Waals surface area contributed by atoms with Gasteiger partial charge in [-0.3, -0.25) is 14.9 Å². The van der Waals surface area contributed by atoms with Crippen LogP contribution in [0.15, 0.2) is 48.5 Å². The fourth-order valence-electron chi connectivity index (χ4n) is 2.23. The first kappa shape index (κ1) is 20.6. The van der Waals surface area contributed by atoms with E-state index in [-0.39, 0.29) is 17.6 Å². The molecule has 0 saturated carbocycles. The lowest BCUT2D eigenvalue weighted by molar-refractivity contribution is -0.384. The molecule has 0 fully saturated rings. The SMILES string of the molecule is COc1ccc(OC[C@@H](C)NC(=O)CSCc2ccc([N+](=O)[O-])cc2)cc1. The highest BCUT2D eigenvalue weighted by Crippen LogP contribution is 2.18. The summed E-state index contributed by atoms with van der Waals surface area (Å²) in [6, 6.07) is 13.5. The number of nitro benzene ring substituents is 1. The van der Waals surface area contributed by atoms with Gasteiger partial charge in [-0.15, -0.1) is 11.8 Å². The average molecular weight is 390 g/mol. The van der Waals surface area contributed by atoms with Crippen molar-refractivity contribution in [1.82, 2.24) is 5.32 Å². The summed E-state index contributed by atoms with van der Waals surface area (Å²) in [7, 11) is 1.60. The molecule has 27 heavy (non-hydrogen) atoms. The molecule has 0 bridgehead atoms. The number of carbonyl (C=O) groups is 1. The number of non-ortho nitro benzene ring substituents is 1. The Morgan fingerprint density at radius 2 is 1.78 bits per heavy atom. The number of carbonyl (C=O) groups excluding carboxylic acids is 1. The van der Waals surface area contributed by atoms with Gasteiger partial charge in [0.2, 0.25) is 5.91 Å². The number of ether oxygens (including phenoxy) is 2. The van der Waals surface area contributed by atoms with Crippen molar-refractivity contribution in [2.75, 3.05) is 19.5 Å². The molecule has 144 valence electrons. The van der Waals surface area contributed by atoms with Crippen molar-refractivity contribution >= 4 is 23.4 Å². The highest BCUT2D eigenvalue weighted by Gasteiger charge is 2.09. The lowest BCUT2D eigenvalue weighted by Crippen LogP contribution is -2.37. The van der Waals surface area contributed by atoms with E-state index in [1.54, 1.807) is 19.2 Å². The molecule has 0 radical (unpaired) electrons. The minimum Gasteiger partial charge on any atom is -0.497 e. The first-order valence-electron chi connectivity index (χ1n) is 8.35. The van der Waals surface area contributed by atoms with Crippen LogP contribution in [-0.4, -0.2) is 36.3 Å². The summed E-state index contributed by atoms with van der Waals surface area (Å²) >= 11 is 1.45. The lowest BCUT2D eigenvalue weighted by Gasteiger charge is -2.15. The van der Waals surface area contributed by atoms with Gasteiger partial charge in [-0.1, -0.05) is 12.1 Å². The number of rotatable bonds is 10. The summed E-state index contributed by atoms with van der Waals surface area (Å²) in [5, 5.41) is 13.5. The van der Waals surface area contributed by atoms with Crippen LogP contribution < -0.4 is 14.8 Å². The minimum atomic E-state index is -0.431.